The first-order valence-electron chi connectivity index (χ1n) is 7.16. The SMILES string of the molecule is COc1ccccc1-n1cnnc1SCC[C@@H]1CCCO1. The molecule has 0 aliphatic carbocycles. The van der Waals surface area contributed by atoms with Crippen LogP contribution in [0.3, 0.4) is 0 Å². The normalized spacial score (nSPS) is 18.0. The van der Waals surface area contributed by atoms with E-state index in [4.69, 9.17) is 9.47 Å². The minimum atomic E-state index is 0.417. The Morgan fingerprint density at radius 3 is 3.14 bits per heavy atom. The third kappa shape index (κ3) is 3.39. The molecular weight excluding hydrogens is 286 g/mol. The number of rotatable bonds is 6. The fourth-order valence-corrected chi connectivity index (χ4v) is 3.42. The molecule has 1 saturated heterocycles. The van der Waals surface area contributed by atoms with E-state index in [1.807, 2.05) is 28.8 Å². The van der Waals surface area contributed by atoms with Crippen LogP contribution in [0.1, 0.15) is 19.3 Å². The lowest BCUT2D eigenvalue weighted by Crippen LogP contribution is -2.06. The maximum atomic E-state index is 5.65. The molecule has 0 N–H and O–H groups in total. The molecule has 1 aliphatic rings. The third-order valence-corrected chi connectivity index (χ3v) is 4.53. The summed E-state index contributed by atoms with van der Waals surface area (Å²) in [4.78, 5) is 0. The van der Waals surface area contributed by atoms with Gasteiger partial charge in [-0.05, 0) is 31.4 Å². The highest BCUT2D eigenvalue weighted by Crippen LogP contribution is 2.27. The largest absolute Gasteiger partial charge is 0.495 e. The minimum absolute atomic E-state index is 0.417. The number of hydrogen-bond acceptors (Lipinski definition) is 5. The number of ether oxygens (including phenoxy) is 2. The van der Waals surface area contributed by atoms with Gasteiger partial charge in [-0.25, -0.2) is 0 Å². The topological polar surface area (TPSA) is 49.2 Å². The van der Waals surface area contributed by atoms with Crippen LogP contribution in [0.2, 0.25) is 0 Å². The monoisotopic (exact) mass is 305 g/mol. The lowest BCUT2D eigenvalue weighted by molar-refractivity contribution is 0.109. The van der Waals surface area contributed by atoms with Crippen molar-refractivity contribution in [3.63, 3.8) is 0 Å². The lowest BCUT2D eigenvalue weighted by Gasteiger charge is -2.11. The van der Waals surface area contributed by atoms with Crippen molar-refractivity contribution in [1.82, 2.24) is 14.8 Å². The molecule has 0 saturated carbocycles. The third-order valence-electron chi connectivity index (χ3n) is 3.56. The molecule has 0 radical (unpaired) electrons. The van der Waals surface area contributed by atoms with E-state index in [-0.39, 0.29) is 0 Å². The highest BCUT2D eigenvalue weighted by Gasteiger charge is 2.16. The number of methoxy groups -OCH3 is 1. The second-order valence-corrected chi connectivity index (χ2v) is 5.99. The zero-order valence-corrected chi connectivity index (χ0v) is 12.9. The van der Waals surface area contributed by atoms with E-state index in [9.17, 15) is 0 Å². The molecule has 2 aromatic rings. The Kier molecular flexibility index (Phi) is 4.77. The average molecular weight is 305 g/mol. The highest BCUT2D eigenvalue weighted by molar-refractivity contribution is 7.99. The molecule has 3 rings (SSSR count). The van der Waals surface area contributed by atoms with E-state index in [1.54, 1.807) is 25.2 Å². The summed E-state index contributed by atoms with van der Waals surface area (Å²) in [5.74, 6) is 1.80. The summed E-state index contributed by atoms with van der Waals surface area (Å²) < 4.78 is 13.0. The van der Waals surface area contributed by atoms with Gasteiger partial charge in [0.2, 0.25) is 0 Å². The molecule has 0 spiro atoms. The van der Waals surface area contributed by atoms with Crippen LogP contribution in [0.5, 0.6) is 5.75 Å². The Morgan fingerprint density at radius 2 is 2.33 bits per heavy atom. The number of para-hydroxylation sites is 2. The van der Waals surface area contributed by atoms with Crippen LogP contribution < -0.4 is 4.74 Å². The average Bonchev–Trinajstić information content (AvgIpc) is 3.19. The zero-order chi connectivity index (χ0) is 14.5. The van der Waals surface area contributed by atoms with Crippen LogP contribution in [0.4, 0.5) is 0 Å². The molecule has 1 aromatic heterocycles. The Hall–Kier alpha value is -1.53. The Morgan fingerprint density at radius 1 is 1.43 bits per heavy atom. The van der Waals surface area contributed by atoms with Crippen LogP contribution in [0, 0.1) is 0 Å². The van der Waals surface area contributed by atoms with Crippen LogP contribution in [-0.2, 0) is 4.74 Å². The lowest BCUT2D eigenvalue weighted by atomic mass is 10.2. The van der Waals surface area contributed by atoms with Crippen molar-refractivity contribution < 1.29 is 9.47 Å². The molecule has 6 heteroatoms. The van der Waals surface area contributed by atoms with E-state index in [2.05, 4.69) is 10.2 Å². The van der Waals surface area contributed by atoms with Crippen molar-refractivity contribution in [2.75, 3.05) is 19.5 Å². The van der Waals surface area contributed by atoms with Gasteiger partial charge in [0.1, 0.15) is 12.1 Å². The maximum absolute atomic E-state index is 5.65. The Labute approximate surface area is 128 Å². The molecule has 2 heterocycles. The van der Waals surface area contributed by atoms with Crippen molar-refractivity contribution in [1.29, 1.82) is 0 Å². The van der Waals surface area contributed by atoms with Gasteiger partial charge in [0, 0.05) is 12.4 Å². The number of aromatic nitrogens is 3. The molecule has 1 aliphatic heterocycles. The standard InChI is InChI=1S/C15H19N3O2S/c1-19-14-7-3-2-6-13(14)18-11-16-17-15(18)21-10-8-12-5-4-9-20-12/h2-3,6-7,11-12H,4-5,8-10H2,1H3/t12-/m0/s1. The number of hydrogen-bond donors (Lipinski definition) is 0. The minimum Gasteiger partial charge on any atom is -0.495 e. The fourth-order valence-electron chi connectivity index (χ4n) is 2.47. The first-order valence-corrected chi connectivity index (χ1v) is 8.15. The summed E-state index contributed by atoms with van der Waals surface area (Å²) in [6.07, 6.45) is 5.57. The van der Waals surface area contributed by atoms with E-state index >= 15 is 0 Å². The van der Waals surface area contributed by atoms with E-state index in [0.717, 1.165) is 35.4 Å². The molecular formula is C15H19N3O2S. The molecule has 0 amide bonds. The van der Waals surface area contributed by atoms with Crippen LogP contribution in [0.15, 0.2) is 35.7 Å². The second kappa shape index (κ2) is 6.95. The molecule has 1 aromatic carbocycles. The van der Waals surface area contributed by atoms with Gasteiger partial charge in [0.25, 0.3) is 0 Å². The molecule has 0 unspecified atom stereocenters. The number of benzene rings is 1. The highest BCUT2D eigenvalue weighted by atomic mass is 32.2. The van der Waals surface area contributed by atoms with Gasteiger partial charge in [0.05, 0.1) is 18.9 Å². The smallest absolute Gasteiger partial charge is 0.195 e. The van der Waals surface area contributed by atoms with Crippen LogP contribution in [-0.4, -0.2) is 40.3 Å². The summed E-state index contributed by atoms with van der Waals surface area (Å²) in [5, 5.41) is 9.13. The summed E-state index contributed by atoms with van der Waals surface area (Å²) in [6.45, 7) is 0.909. The first-order chi connectivity index (χ1) is 10.4. The Balaban J connectivity index is 1.68. The maximum Gasteiger partial charge on any atom is 0.195 e. The fraction of sp³-hybridized carbons (Fsp3) is 0.467. The van der Waals surface area contributed by atoms with Crippen molar-refractivity contribution in [3.8, 4) is 11.4 Å². The summed E-state index contributed by atoms with van der Waals surface area (Å²) in [7, 11) is 1.67. The zero-order valence-electron chi connectivity index (χ0n) is 12.1. The van der Waals surface area contributed by atoms with Crippen LogP contribution >= 0.6 is 11.8 Å². The van der Waals surface area contributed by atoms with Gasteiger partial charge < -0.3 is 9.47 Å². The quantitative estimate of drug-likeness (QED) is 0.768. The van der Waals surface area contributed by atoms with Gasteiger partial charge in [-0.1, -0.05) is 23.9 Å². The predicted octanol–water partition coefficient (Wildman–Crippen LogP) is 2.94. The van der Waals surface area contributed by atoms with Gasteiger partial charge in [-0.15, -0.1) is 10.2 Å². The van der Waals surface area contributed by atoms with Gasteiger partial charge in [0.15, 0.2) is 5.16 Å². The summed E-state index contributed by atoms with van der Waals surface area (Å²) in [6, 6.07) is 7.89. The molecule has 112 valence electrons. The molecule has 1 atom stereocenters. The van der Waals surface area contributed by atoms with Crippen molar-refractivity contribution >= 4 is 11.8 Å². The molecule has 0 bridgehead atoms. The molecule has 1 fully saturated rings. The van der Waals surface area contributed by atoms with Crippen LogP contribution in [0.25, 0.3) is 5.69 Å². The van der Waals surface area contributed by atoms with Crippen molar-refractivity contribution in [3.05, 3.63) is 30.6 Å². The van der Waals surface area contributed by atoms with Crippen molar-refractivity contribution in [2.45, 2.75) is 30.5 Å². The van der Waals surface area contributed by atoms with Gasteiger partial charge in [-0.3, -0.25) is 4.57 Å². The summed E-state index contributed by atoms with van der Waals surface area (Å²) in [5.41, 5.74) is 0.963. The molecule has 21 heavy (non-hydrogen) atoms. The van der Waals surface area contributed by atoms with E-state index < -0.39 is 0 Å². The van der Waals surface area contributed by atoms with Crippen molar-refractivity contribution in [2.24, 2.45) is 0 Å². The second-order valence-electron chi connectivity index (χ2n) is 4.93. The number of nitrogens with zero attached hydrogens (tertiary/aromatic N) is 3. The first kappa shape index (κ1) is 14.4. The summed E-state index contributed by atoms with van der Waals surface area (Å²) >= 11 is 1.71. The molecule has 5 nitrogen and oxygen atoms in total. The van der Waals surface area contributed by atoms with Gasteiger partial charge in [-0.2, -0.15) is 0 Å². The Bertz CT molecular complexity index is 582. The van der Waals surface area contributed by atoms with E-state index in [0.29, 0.717) is 6.10 Å². The van der Waals surface area contributed by atoms with E-state index in [1.165, 1.54) is 12.8 Å². The predicted molar refractivity (Wildman–Crippen MR) is 82.2 cm³/mol. The number of thioether (sulfide) groups is 1. The van der Waals surface area contributed by atoms with Gasteiger partial charge >= 0.3 is 0 Å².